The van der Waals surface area contributed by atoms with Crippen LogP contribution < -0.4 is 0 Å². The normalized spacial score (nSPS) is 18.5. The zero-order valence-corrected chi connectivity index (χ0v) is 28.5. The molecule has 0 unspecified atom stereocenters. The third kappa shape index (κ3) is 7.25. The first-order chi connectivity index (χ1) is 23.1. The maximum absolute atomic E-state index is 13.5. The number of nitrogens with zero attached hydrogens (tertiary/aromatic N) is 3. The predicted octanol–water partition coefficient (Wildman–Crippen LogP) is 8.59. The van der Waals surface area contributed by atoms with Gasteiger partial charge in [-0.1, -0.05) is 86.8 Å². The van der Waals surface area contributed by atoms with Crippen molar-refractivity contribution in [2.24, 2.45) is 16.8 Å². The third-order valence-corrected chi connectivity index (χ3v) is 9.42. The molecule has 48 heavy (non-hydrogen) atoms. The fourth-order valence-electron chi connectivity index (χ4n) is 6.96. The summed E-state index contributed by atoms with van der Waals surface area (Å²) in [5, 5.41) is 1.86. The number of rotatable bonds is 9. The van der Waals surface area contributed by atoms with Gasteiger partial charge in [0.2, 0.25) is 5.91 Å². The Morgan fingerprint density at radius 3 is 2.52 bits per heavy atom. The molecule has 248 valence electrons. The summed E-state index contributed by atoms with van der Waals surface area (Å²) < 4.78 is 8.14. The highest BCUT2D eigenvalue weighted by Gasteiger charge is 2.31. The van der Waals surface area contributed by atoms with Gasteiger partial charge in [-0.25, -0.2) is 14.8 Å². The van der Waals surface area contributed by atoms with Crippen molar-refractivity contribution in [2.75, 3.05) is 0 Å². The lowest BCUT2D eigenvalue weighted by Gasteiger charge is -2.25. The van der Waals surface area contributed by atoms with Crippen LogP contribution in [-0.2, 0) is 33.7 Å². The first-order valence-corrected chi connectivity index (χ1v) is 17.3. The number of allylic oxidation sites excluding steroid dienone is 1. The largest absolute Gasteiger partial charge is 0.456 e. The van der Waals surface area contributed by atoms with Crippen molar-refractivity contribution in [1.29, 1.82) is 0 Å². The Labute approximate surface area is 283 Å². The fourth-order valence-corrected chi connectivity index (χ4v) is 6.96. The van der Waals surface area contributed by atoms with Crippen LogP contribution in [-0.4, -0.2) is 39.0 Å². The summed E-state index contributed by atoms with van der Waals surface area (Å²) in [5.41, 5.74) is 5.53. The molecule has 2 aliphatic rings. The minimum Gasteiger partial charge on any atom is -0.456 e. The Morgan fingerprint density at radius 1 is 1.00 bits per heavy atom. The summed E-state index contributed by atoms with van der Waals surface area (Å²) in [6.45, 7) is 8.46. The van der Waals surface area contributed by atoms with E-state index in [4.69, 9.17) is 9.72 Å². The van der Waals surface area contributed by atoms with Gasteiger partial charge in [0.1, 0.15) is 17.7 Å². The number of amides is 1. The molecule has 0 radical (unpaired) electrons. The SMILES string of the molecule is CCCCc1nc2c(n1Cc1ccc(-c3ccc4ccccc4c3C(=O)OC(C)(C)C)cc1)CC(=NC(=O)[C@@H]1CCCC[C@@H]1C=O)C=C2. The van der Waals surface area contributed by atoms with E-state index in [0.717, 1.165) is 95.9 Å². The molecule has 0 spiro atoms. The zero-order chi connectivity index (χ0) is 33.8. The highest BCUT2D eigenvalue weighted by atomic mass is 16.6. The predicted molar refractivity (Wildman–Crippen MR) is 191 cm³/mol. The van der Waals surface area contributed by atoms with E-state index in [-0.39, 0.29) is 23.7 Å². The number of aryl methyl sites for hydroxylation is 1. The second-order valence-corrected chi connectivity index (χ2v) is 14.1. The van der Waals surface area contributed by atoms with Crippen LogP contribution in [0.15, 0.2) is 71.7 Å². The van der Waals surface area contributed by atoms with E-state index in [1.165, 1.54) is 0 Å². The molecule has 1 heterocycles. The van der Waals surface area contributed by atoms with Crippen LogP contribution in [0.2, 0.25) is 0 Å². The molecule has 4 aromatic rings. The number of aldehydes is 1. The summed E-state index contributed by atoms with van der Waals surface area (Å²) in [6.07, 6.45) is 11.7. The highest BCUT2D eigenvalue weighted by molar-refractivity contribution is 6.10. The number of esters is 1. The molecule has 1 aromatic heterocycles. The molecule has 0 saturated heterocycles. The molecule has 2 aliphatic carbocycles. The molecule has 7 nitrogen and oxygen atoms in total. The smallest absolute Gasteiger partial charge is 0.339 e. The van der Waals surface area contributed by atoms with Gasteiger partial charge in [-0.3, -0.25) is 4.79 Å². The van der Waals surface area contributed by atoms with E-state index in [9.17, 15) is 14.4 Å². The van der Waals surface area contributed by atoms with Crippen molar-refractivity contribution >= 4 is 40.7 Å². The number of aliphatic imine (C=N–C) groups is 1. The molecular weight excluding hydrogens is 598 g/mol. The molecule has 0 aliphatic heterocycles. The average Bonchev–Trinajstić information content (AvgIpc) is 3.42. The second-order valence-electron chi connectivity index (χ2n) is 14.1. The summed E-state index contributed by atoms with van der Waals surface area (Å²) in [7, 11) is 0. The van der Waals surface area contributed by atoms with E-state index in [1.807, 2.05) is 63.3 Å². The number of carbonyl (C=O) groups excluding carboxylic acids is 3. The topological polar surface area (TPSA) is 90.6 Å². The monoisotopic (exact) mass is 643 g/mol. The Morgan fingerprint density at radius 2 is 1.77 bits per heavy atom. The molecule has 1 fully saturated rings. The highest BCUT2D eigenvalue weighted by Crippen LogP contribution is 2.33. The molecule has 1 saturated carbocycles. The van der Waals surface area contributed by atoms with Crippen LogP contribution in [0.4, 0.5) is 0 Å². The lowest BCUT2D eigenvalue weighted by Crippen LogP contribution is -2.28. The van der Waals surface area contributed by atoms with Crippen molar-refractivity contribution in [3.8, 4) is 11.1 Å². The van der Waals surface area contributed by atoms with Crippen molar-refractivity contribution in [3.05, 3.63) is 95.1 Å². The summed E-state index contributed by atoms with van der Waals surface area (Å²) in [5.74, 6) is -0.0400. The Bertz CT molecular complexity index is 1890. The molecule has 0 N–H and O–H groups in total. The number of benzene rings is 3. The van der Waals surface area contributed by atoms with Gasteiger partial charge in [-0.05, 0) is 79.6 Å². The lowest BCUT2D eigenvalue weighted by molar-refractivity contribution is -0.128. The van der Waals surface area contributed by atoms with E-state index in [2.05, 4.69) is 46.8 Å². The van der Waals surface area contributed by atoms with E-state index in [1.54, 1.807) is 0 Å². The molecule has 7 heteroatoms. The lowest BCUT2D eigenvalue weighted by atomic mass is 9.79. The molecule has 1 amide bonds. The van der Waals surface area contributed by atoms with Crippen molar-refractivity contribution in [1.82, 2.24) is 9.55 Å². The van der Waals surface area contributed by atoms with Gasteiger partial charge in [-0.2, -0.15) is 0 Å². The molecule has 0 bridgehead atoms. The fraction of sp³-hybridized carbons (Fsp3) is 0.390. The number of hydrogen-bond acceptors (Lipinski definition) is 5. The second kappa shape index (κ2) is 14.2. The number of hydrogen-bond donors (Lipinski definition) is 0. The first-order valence-electron chi connectivity index (χ1n) is 17.3. The van der Waals surface area contributed by atoms with Gasteiger partial charge >= 0.3 is 5.97 Å². The molecule has 3 aromatic carbocycles. The Kier molecular flexibility index (Phi) is 9.86. The van der Waals surface area contributed by atoms with Crippen LogP contribution in [0.1, 0.15) is 99.4 Å². The van der Waals surface area contributed by atoms with Gasteiger partial charge in [0.15, 0.2) is 0 Å². The standard InChI is InChI=1S/C41H45N3O4/c1-5-6-15-37-43-35-23-21-31(42-39(46)34-14-10-8-12-30(34)26-45)24-36(35)44(37)25-27-16-18-29(19-17-27)33-22-20-28-11-7-9-13-32(28)38(33)40(47)48-41(2,3)4/h7,9,11,13,16-23,26,30,34H,5-6,8,10,12,14-15,24-25H2,1-4H3/t30-,34-/m1/s1. The minimum absolute atomic E-state index is 0.179. The minimum atomic E-state index is -0.616. The first kappa shape index (κ1) is 33.3. The van der Waals surface area contributed by atoms with Crippen LogP contribution in [0.5, 0.6) is 0 Å². The van der Waals surface area contributed by atoms with Crippen LogP contribution in [0.3, 0.4) is 0 Å². The summed E-state index contributed by atoms with van der Waals surface area (Å²) in [4.78, 5) is 47.9. The van der Waals surface area contributed by atoms with E-state index >= 15 is 0 Å². The maximum atomic E-state index is 13.5. The van der Waals surface area contributed by atoms with E-state index < -0.39 is 5.60 Å². The Hall–Kier alpha value is -4.65. The molecule has 2 atom stereocenters. The third-order valence-electron chi connectivity index (χ3n) is 9.42. The van der Waals surface area contributed by atoms with Gasteiger partial charge in [0.25, 0.3) is 0 Å². The Balaban J connectivity index is 1.29. The van der Waals surface area contributed by atoms with Crippen LogP contribution in [0.25, 0.3) is 28.0 Å². The summed E-state index contributed by atoms with van der Waals surface area (Å²) in [6, 6.07) is 20.3. The quantitative estimate of drug-likeness (QED) is 0.135. The van der Waals surface area contributed by atoms with Crippen molar-refractivity contribution in [2.45, 2.75) is 91.2 Å². The maximum Gasteiger partial charge on any atom is 0.339 e. The van der Waals surface area contributed by atoms with E-state index in [0.29, 0.717) is 24.2 Å². The van der Waals surface area contributed by atoms with Crippen molar-refractivity contribution in [3.63, 3.8) is 0 Å². The number of unbranched alkanes of at least 4 members (excludes halogenated alkanes) is 1. The number of fused-ring (bicyclic) bond motifs is 2. The van der Waals surface area contributed by atoms with Crippen LogP contribution >= 0.6 is 0 Å². The number of aromatic nitrogens is 2. The zero-order valence-electron chi connectivity index (χ0n) is 28.5. The number of carbonyl (C=O) groups is 3. The van der Waals surface area contributed by atoms with Crippen molar-refractivity contribution < 1.29 is 19.1 Å². The van der Waals surface area contributed by atoms with Crippen LogP contribution in [0, 0.1) is 11.8 Å². The number of imidazole rings is 1. The molecule has 6 rings (SSSR count). The van der Waals surface area contributed by atoms with Gasteiger partial charge in [0, 0.05) is 31.2 Å². The number of ether oxygens (including phenoxy) is 1. The summed E-state index contributed by atoms with van der Waals surface area (Å²) >= 11 is 0. The van der Waals surface area contributed by atoms with Gasteiger partial charge in [-0.15, -0.1) is 0 Å². The molecular formula is C41H45N3O4. The van der Waals surface area contributed by atoms with Gasteiger partial charge in [0.05, 0.1) is 22.7 Å². The average molecular weight is 644 g/mol. The van der Waals surface area contributed by atoms with Gasteiger partial charge < -0.3 is 14.1 Å².